The maximum Gasteiger partial charge on any atom is 0.397 e. The highest BCUT2D eigenvalue weighted by Crippen LogP contribution is 2.42. The minimum Gasteiger partial charge on any atom is -0.477 e. The number of benzene rings is 1. The van der Waals surface area contributed by atoms with Crippen LogP contribution in [0.3, 0.4) is 0 Å². The Balaban J connectivity index is 1.51. The Hall–Kier alpha value is -3.08. The number of nitrogens with one attached hydrogen (secondary N) is 1. The number of hydrogen-bond donors (Lipinski definition) is 1. The van der Waals surface area contributed by atoms with Crippen LogP contribution in [-0.2, 0) is 41.3 Å². The molecule has 1 aromatic carbocycles. The van der Waals surface area contributed by atoms with Crippen molar-refractivity contribution in [3.05, 3.63) is 68.9 Å². The lowest BCUT2D eigenvalue weighted by molar-refractivity contribution is -0.180. The molecular weight excluding hydrogens is 601 g/mol. The lowest BCUT2D eigenvalue weighted by Crippen LogP contribution is -2.36. The molecule has 1 atom stereocenters. The smallest absolute Gasteiger partial charge is 0.397 e. The number of pyridine rings is 1. The number of anilines is 1. The predicted molar refractivity (Wildman–Crippen MR) is 154 cm³/mol. The molecule has 0 saturated carbocycles. The topological polar surface area (TPSA) is 78.3 Å². The van der Waals surface area contributed by atoms with E-state index in [1.807, 2.05) is 6.07 Å². The van der Waals surface area contributed by atoms with Gasteiger partial charge in [-0.3, -0.25) is 4.79 Å². The minimum atomic E-state index is -4.44. The van der Waals surface area contributed by atoms with Crippen LogP contribution < -0.4 is 10.1 Å². The van der Waals surface area contributed by atoms with Crippen LogP contribution in [0, 0.1) is 0 Å². The molecule has 0 radical (unpaired) electrons. The summed E-state index contributed by atoms with van der Waals surface area (Å²) < 4.78 is 54.9. The molecule has 4 rings (SSSR count). The molecule has 0 aliphatic carbocycles. The Labute approximate surface area is 247 Å². The van der Waals surface area contributed by atoms with Crippen LogP contribution in [0.15, 0.2) is 40.9 Å². The lowest BCUT2D eigenvalue weighted by Gasteiger charge is -2.29. The molecule has 2 aromatic heterocycles. The van der Waals surface area contributed by atoms with E-state index >= 15 is 0 Å². The molecule has 0 fully saturated rings. The largest absolute Gasteiger partial charge is 0.477 e. The summed E-state index contributed by atoms with van der Waals surface area (Å²) in [5.74, 6) is 0.621. The van der Waals surface area contributed by atoms with Crippen molar-refractivity contribution >= 4 is 27.7 Å². The molecule has 0 bridgehead atoms. The molecule has 7 nitrogen and oxygen atoms in total. The highest BCUT2D eigenvalue weighted by molar-refractivity contribution is 9.10. The highest BCUT2D eigenvalue weighted by Gasteiger charge is 2.48. The SMILES string of the molecule is CCOC(=O)CC(Cc1cc(OCCc2ccc3c(n2)NCCC3)n(C)n1)c1cc(Br)cc(C(C)(C)C(F)(F)F)c1. The zero-order chi connectivity index (χ0) is 29.8. The van der Waals surface area contributed by atoms with Gasteiger partial charge in [-0.25, -0.2) is 9.67 Å². The highest BCUT2D eigenvalue weighted by atomic mass is 79.9. The van der Waals surface area contributed by atoms with Gasteiger partial charge in [0.15, 0.2) is 0 Å². The fourth-order valence-corrected chi connectivity index (χ4v) is 5.37. The number of rotatable bonds is 11. The van der Waals surface area contributed by atoms with Gasteiger partial charge in [-0.1, -0.05) is 28.1 Å². The number of esters is 1. The first-order chi connectivity index (χ1) is 19.4. The van der Waals surface area contributed by atoms with Gasteiger partial charge >= 0.3 is 12.1 Å². The van der Waals surface area contributed by atoms with Gasteiger partial charge in [0.2, 0.25) is 5.88 Å². The van der Waals surface area contributed by atoms with Crippen molar-refractivity contribution < 1.29 is 27.4 Å². The number of fused-ring (bicyclic) bond motifs is 1. The molecule has 1 aliphatic rings. The Morgan fingerprint density at radius 1 is 1.17 bits per heavy atom. The summed E-state index contributed by atoms with van der Waals surface area (Å²) in [5, 5.41) is 7.91. The lowest BCUT2D eigenvalue weighted by atomic mass is 9.81. The third kappa shape index (κ3) is 7.61. The van der Waals surface area contributed by atoms with E-state index in [4.69, 9.17) is 14.5 Å². The van der Waals surface area contributed by atoms with Crippen molar-refractivity contribution in [1.29, 1.82) is 0 Å². The summed E-state index contributed by atoms with van der Waals surface area (Å²) in [5.41, 5.74) is 1.45. The van der Waals surface area contributed by atoms with Crippen LogP contribution in [0.2, 0.25) is 0 Å². The number of halogens is 4. The Bertz CT molecular complexity index is 1370. The van der Waals surface area contributed by atoms with Crippen LogP contribution >= 0.6 is 15.9 Å². The first kappa shape index (κ1) is 30.9. The van der Waals surface area contributed by atoms with E-state index in [1.54, 1.807) is 30.8 Å². The van der Waals surface area contributed by atoms with Gasteiger partial charge in [-0.05, 0) is 80.8 Å². The van der Waals surface area contributed by atoms with Crippen molar-refractivity contribution in [2.75, 3.05) is 25.1 Å². The number of carbonyl (C=O) groups excluding carboxylic acids is 1. The number of ether oxygens (including phenoxy) is 2. The number of hydrogen-bond acceptors (Lipinski definition) is 6. The van der Waals surface area contributed by atoms with Crippen LogP contribution in [0.1, 0.15) is 67.6 Å². The summed E-state index contributed by atoms with van der Waals surface area (Å²) >= 11 is 3.37. The number of aryl methyl sites for hydroxylation is 2. The van der Waals surface area contributed by atoms with E-state index in [0.717, 1.165) is 44.7 Å². The number of aromatic nitrogens is 3. The zero-order valence-corrected chi connectivity index (χ0v) is 25.4. The summed E-state index contributed by atoms with van der Waals surface area (Å²) in [6, 6.07) is 10.7. The third-order valence-corrected chi connectivity index (χ3v) is 7.90. The van der Waals surface area contributed by atoms with Gasteiger partial charge in [0.05, 0.1) is 30.7 Å². The van der Waals surface area contributed by atoms with Crippen LogP contribution in [-0.4, -0.2) is 46.7 Å². The fourth-order valence-electron chi connectivity index (χ4n) is 4.86. The van der Waals surface area contributed by atoms with E-state index in [-0.39, 0.29) is 18.6 Å². The molecular formula is C30H36BrF3N4O3. The maximum absolute atomic E-state index is 13.8. The quantitative estimate of drug-likeness (QED) is 0.237. The zero-order valence-electron chi connectivity index (χ0n) is 23.8. The molecule has 0 amide bonds. The van der Waals surface area contributed by atoms with Gasteiger partial charge in [-0.15, -0.1) is 0 Å². The molecule has 0 saturated heterocycles. The minimum absolute atomic E-state index is 0.000970. The van der Waals surface area contributed by atoms with E-state index in [9.17, 15) is 18.0 Å². The molecule has 1 aliphatic heterocycles. The first-order valence-electron chi connectivity index (χ1n) is 13.8. The molecule has 3 heterocycles. The van der Waals surface area contributed by atoms with Crippen molar-refractivity contribution in [2.24, 2.45) is 7.05 Å². The standard InChI is InChI=1S/C30H36BrF3N4O3/c1-5-40-27(39)16-21(20-13-22(17-23(31)14-20)29(2,3)30(32,33)34)15-25-18-26(38(4)37-25)41-12-10-24-9-8-19-7-6-11-35-28(19)36-24/h8-9,13-14,17-18,21H,5-7,10-12,15-16H2,1-4H3,(H,35,36). The van der Waals surface area contributed by atoms with Crippen molar-refractivity contribution in [3.8, 4) is 5.88 Å². The number of carbonyl (C=O) groups is 1. The van der Waals surface area contributed by atoms with Crippen LogP contribution in [0.5, 0.6) is 5.88 Å². The van der Waals surface area contributed by atoms with Crippen molar-refractivity contribution in [3.63, 3.8) is 0 Å². The Morgan fingerprint density at radius 2 is 1.95 bits per heavy atom. The van der Waals surface area contributed by atoms with Crippen LogP contribution in [0.25, 0.3) is 0 Å². The number of nitrogens with zero attached hydrogens (tertiary/aromatic N) is 3. The van der Waals surface area contributed by atoms with Gasteiger partial charge in [-0.2, -0.15) is 18.3 Å². The number of alkyl halides is 3. The van der Waals surface area contributed by atoms with Gasteiger partial charge in [0.25, 0.3) is 0 Å². The van der Waals surface area contributed by atoms with Gasteiger partial charge in [0, 0.05) is 36.2 Å². The fraction of sp³-hybridized carbons (Fsp3) is 0.500. The molecule has 0 spiro atoms. The normalized spacial score (nSPS) is 14.2. The monoisotopic (exact) mass is 636 g/mol. The van der Waals surface area contributed by atoms with Gasteiger partial charge in [0.1, 0.15) is 5.82 Å². The van der Waals surface area contributed by atoms with E-state index < -0.39 is 23.5 Å². The molecule has 11 heteroatoms. The Morgan fingerprint density at radius 3 is 2.68 bits per heavy atom. The Kier molecular flexibility index (Phi) is 9.66. The second-order valence-electron chi connectivity index (χ2n) is 10.8. The molecule has 41 heavy (non-hydrogen) atoms. The molecule has 222 valence electrons. The van der Waals surface area contributed by atoms with Crippen molar-refractivity contribution in [2.45, 2.75) is 70.4 Å². The van der Waals surface area contributed by atoms with E-state index in [2.05, 4.69) is 32.4 Å². The molecule has 3 aromatic rings. The van der Waals surface area contributed by atoms with E-state index in [1.165, 1.54) is 17.7 Å². The second-order valence-corrected chi connectivity index (χ2v) is 11.8. The molecule has 1 N–H and O–H groups in total. The second kappa shape index (κ2) is 12.8. The van der Waals surface area contributed by atoms with Crippen LogP contribution in [0.4, 0.5) is 19.0 Å². The molecule has 1 unspecified atom stereocenters. The van der Waals surface area contributed by atoms with Gasteiger partial charge < -0.3 is 14.8 Å². The summed E-state index contributed by atoms with van der Waals surface area (Å²) in [6.45, 7) is 5.56. The first-order valence-corrected chi connectivity index (χ1v) is 14.6. The van der Waals surface area contributed by atoms with Crippen molar-refractivity contribution in [1.82, 2.24) is 14.8 Å². The average Bonchev–Trinajstić information content (AvgIpc) is 3.25. The summed E-state index contributed by atoms with van der Waals surface area (Å²) in [4.78, 5) is 17.2. The summed E-state index contributed by atoms with van der Waals surface area (Å²) in [6.07, 6.45) is -1.37. The van der Waals surface area contributed by atoms with E-state index in [0.29, 0.717) is 41.1 Å². The summed E-state index contributed by atoms with van der Waals surface area (Å²) in [7, 11) is 1.77. The predicted octanol–water partition coefficient (Wildman–Crippen LogP) is 6.68. The maximum atomic E-state index is 13.8. The average molecular weight is 638 g/mol. The third-order valence-electron chi connectivity index (χ3n) is 7.44.